The molecule has 2 unspecified atom stereocenters. The Bertz CT molecular complexity index is 774. The third-order valence-corrected chi connectivity index (χ3v) is 6.05. The van der Waals surface area contributed by atoms with Gasteiger partial charge in [0.15, 0.2) is 0 Å². The van der Waals surface area contributed by atoms with Gasteiger partial charge in [0.05, 0.1) is 5.54 Å². The molecule has 1 N–H and O–H groups in total. The van der Waals surface area contributed by atoms with E-state index in [9.17, 15) is 9.50 Å². The van der Waals surface area contributed by atoms with E-state index in [0.717, 1.165) is 37.9 Å². The summed E-state index contributed by atoms with van der Waals surface area (Å²) in [7, 11) is 4.26. The van der Waals surface area contributed by atoms with Crippen molar-refractivity contribution >= 4 is 0 Å². The lowest BCUT2D eigenvalue weighted by Gasteiger charge is -2.54. The first-order chi connectivity index (χ1) is 12.0. The SMILES string of the molecule is CN(C)C1CCN2CCc3ccc(O)cc3C2(c2ccc(F)cc2)C1. The first-order valence-corrected chi connectivity index (χ1v) is 9.00. The van der Waals surface area contributed by atoms with Crippen LogP contribution in [0.5, 0.6) is 5.75 Å². The Labute approximate surface area is 148 Å². The molecule has 2 aliphatic heterocycles. The number of phenols is 1. The highest BCUT2D eigenvalue weighted by Crippen LogP contribution is 2.48. The average Bonchev–Trinajstić information content (AvgIpc) is 2.61. The second-order valence-corrected chi connectivity index (χ2v) is 7.56. The van der Waals surface area contributed by atoms with E-state index in [1.165, 1.54) is 11.1 Å². The summed E-state index contributed by atoms with van der Waals surface area (Å²) in [5, 5.41) is 10.2. The molecule has 0 aliphatic carbocycles. The highest BCUT2D eigenvalue weighted by Gasteiger charge is 2.48. The second kappa shape index (κ2) is 6.11. The lowest BCUT2D eigenvalue weighted by atomic mass is 9.69. The Morgan fingerprint density at radius 3 is 2.60 bits per heavy atom. The van der Waals surface area contributed by atoms with Gasteiger partial charge in [-0.15, -0.1) is 0 Å². The zero-order valence-corrected chi connectivity index (χ0v) is 14.9. The standard InChI is InChI=1S/C21H25FN2O/c1-23(2)18-10-12-24-11-9-15-3-8-19(25)13-20(15)21(24,14-18)16-4-6-17(22)7-5-16/h3-8,13,18,25H,9-12,14H2,1-2H3. The largest absolute Gasteiger partial charge is 0.508 e. The normalized spacial score (nSPS) is 26.3. The molecule has 0 saturated carbocycles. The fraction of sp³-hybridized carbons (Fsp3) is 0.429. The molecular weight excluding hydrogens is 315 g/mol. The van der Waals surface area contributed by atoms with Crippen molar-refractivity contribution in [2.75, 3.05) is 27.2 Å². The summed E-state index contributed by atoms with van der Waals surface area (Å²) in [5.74, 6) is 0.0904. The third kappa shape index (κ3) is 2.64. The van der Waals surface area contributed by atoms with Gasteiger partial charge in [0, 0.05) is 19.1 Å². The van der Waals surface area contributed by atoms with E-state index in [2.05, 4.69) is 23.9 Å². The highest BCUT2D eigenvalue weighted by atomic mass is 19.1. The summed E-state index contributed by atoms with van der Waals surface area (Å²) < 4.78 is 13.6. The van der Waals surface area contributed by atoms with Crippen molar-refractivity contribution in [1.82, 2.24) is 9.80 Å². The molecule has 1 fully saturated rings. The van der Waals surface area contributed by atoms with Crippen LogP contribution in [0.2, 0.25) is 0 Å². The zero-order chi connectivity index (χ0) is 17.6. The molecule has 2 aliphatic rings. The van der Waals surface area contributed by atoms with E-state index < -0.39 is 0 Å². The van der Waals surface area contributed by atoms with E-state index in [1.54, 1.807) is 18.2 Å². The Kier molecular flexibility index (Phi) is 4.05. The minimum atomic E-state index is -0.298. The molecule has 2 atom stereocenters. The van der Waals surface area contributed by atoms with E-state index in [0.29, 0.717) is 11.8 Å². The first kappa shape index (κ1) is 16.6. The Hall–Kier alpha value is -1.91. The summed E-state index contributed by atoms with van der Waals surface area (Å²) in [6.07, 6.45) is 3.07. The molecule has 0 radical (unpaired) electrons. The van der Waals surface area contributed by atoms with Crippen molar-refractivity contribution in [3.63, 3.8) is 0 Å². The van der Waals surface area contributed by atoms with Crippen LogP contribution in [0.4, 0.5) is 4.39 Å². The van der Waals surface area contributed by atoms with Gasteiger partial charge in [0.2, 0.25) is 0 Å². The monoisotopic (exact) mass is 340 g/mol. The van der Waals surface area contributed by atoms with Gasteiger partial charge >= 0.3 is 0 Å². The fourth-order valence-corrected chi connectivity index (χ4v) is 4.70. The molecule has 132 valence electrons. The molecule has 0 bridgehead atoms. The summed E-state index contributed by atoms with van der Waals surface area (Å²) >= 11 is 0. The van der Waals surface area contributed by atoms with Crippen molar-refractivity contribution in [2.24, 2.45) is 0 Å². The fourth-order valence-electron chi connectivity index (χ4n) is 4.70. The van der Waals surface area contributed by atoms with Crippen LogP contribution in [0.3, 0.4) is 0 Å². The van der Waals surface area contributed by atoms with Gasteiger partial charge < -0.3 is 10.0 Å². The molecule has 0 amide bonds. The average molecular weight is 340 g/mol. The number of fused-ring (bicyclic) bond motifs is 3. The number of benzene rings is 2. The molecule has 2 heterocycles. The van der Waals surface area contributed by atoms with Gasteiger partial charge in [-0.05, 0) is 74.3 Å². The second-order valence-electron chi connectivity index (χ2n) is 7.56. The lowest BCUT2D eigenvalue weighted by Crippen LogP contribution is -2.58. The number of aromatic hydroxyl groups is 1. The van der Waals surface area contributed by atoms with Crippen LogP contribution in [0.25, 0.3) is 0 Å². The molecule has 3 nitrogen and oxygen atoms in total. The lowest BCUT2D eigenvalue weighted by molar-refractivity contribution is 0.0243. The van der Waals surface area contributed by atoms with Gasteiger partial charge in [-0.3, -0.25) is 4.90 Å². The molecule has 1 saturated heterocycles. The van der Waals surface area contributed by atoms with Crippen LogP contribution < -0.4 is 0 Å². The van der Waals surface area contributed by atoms with Gasteiger partial charge in [-0.2, -0.15) is 0 Å². The van der Waals surface area contributed by atoms with Crippen LogP contribution in [-0.2, 0) is 12.0 Å². The van der Waals surface area contributed by atoms with E-state index in [4.69, 9.17) is 0 Å². The maximum Gasteiger partial charge on any atom is 0.123 e. The smallest absolute Gasteiger partial charge is 0.123 e. The summed E-state index contributed by atoms with van der Waals surface area (Å²) in [6.45, 7) is 2.00. The molecule has 4 heteroatoms. The molecule has 0 aromatic heterocycles. The Morgan fingerprint density at radius 2 is 1.88 bits per heavy atom. The van der Waals surface area contributed by atoms with E-state index >= 15 is 0 Å². The summed E-state index contributed by atoms with van der Waals surface area (Å²) in [5.41, 5.74) is 3.29. The van der Waals surface area contributed by atoms with Gasteiger partial charge in [0.25, 0.3) is 0 Å². The van der Waals surface area contributed by atoms with Gasteiger partial charge in [0.1, 0.15) is 11.6 Å². The van der Waals surface area contributed by atoms with Crippen LogP contribution in [0.15, 0.2) is 42.5 Å². The molecule has 25 heavy (non-hydrogen) atoms. The molecule has 0 spiro atoms. The molecular formula is C21H25FN2O. The topological polar surface area (TPSA) is 26.7 Å². The van der Waals surface area contributed by atoms with Crippen molar-refractivity contribution < 1.29 is 9.50 Å². The van der Waals surface area contributed by atoms with Crippen molar-refractivity contribution in [1.29, 1.82) is 0 Å². The quantitative estimate of drug-likeness (QED) is 0.908. The van der Waals surface area contributed by atoms with Crippen LogP contribution in [-0.4, -0.2) is 48.1 Å². The molecule has 2 aromatic rings. The number of halogens is 1. The summed E-state index contributed by atoms with van der Waals surface area (Å²) in [4.78, 5) is 4.82. The molecule has 4 rings (SSSR count). The van der Waals surface area contributed by atoms with Crippen molar-refractivity contribution in [3.05, 3.63) is 65.0 Å². The van der Waals surface area contributed by atoms with Gasteiger partial charge in [-0.1, -0.05) is 18.2 Å². The van der Waals surface area contributed by atoms with Crippen molar-refractivity contribution in [3.8, 4) is 5.75 Å². The predicted molar refractivity (Wildman–Crippen MR) is 97.3 cm³/mol. The van der Waals surface area contributed by atoms with E-state index in [1.807, 2.05) is 24.3 Å². The minimum Gasteiger partial charge on any atom is -0.508 e. The maximum atomic E-state index is 13.6. The van der Waals surface area contributed by atoms with E-state index in [-0.39, 0.29) is 11.4 Å². The number of hydrogen-bond acceptors (Lipinski definition) is 3. The van der Waals surface area contributed by atoms with Crippen LogP contribution >= 0.6 is 0 Å². The summed E-state index contributed by atoms with van der Waals surface area (Å²) in [6, 6.07) is 13.1. The first-order valence-electron chi connectivity index (χ1n) is 9.00. The van der Waals surface area contributed by atoms with Crippen LogP contribution in [0, 0.1) is 5.82 Å². The number of hydrogen-bond donors (Lipinski definition) is 1. The zero-order valence-electron chi connectivity index (χ0n) is 14.9. The Balaban J connectivity index is 1.93. The minimum absolute atomic E-state index is 0.210. The molecule has 2 aromatic carbocycles. The Morgan fingerprint density at radius 1 is 1.12 bits per heavy atom. The highest BCUT2D eigenvalue weighted by molar-refractivity contribution is 5.49. The number of piperidine rings is 1. The number of rotatable bonds is 2. The number of phenolic OH excluding ortho intramolecular Hbond substituents is 1. The van der Waals surface area contributed by atoms with Crippen molar-refractivity contribution in [2.45, 2.75) is 30.8 Å². The maximum absolute atomic E-state index is 13.6. The third-order valence-electron chi connectivity index (χ3n) is 6.05. The number of nitrogens with zero attached hydrogens (tertiary/aromatic N) is 2. The van der Waals surface area contributed by atoms with Crippen LogP contribution in [0.1, 0.15) is 29.5 Å². The predicted octanol–water partition coefficient (Wildman–Crippen LogP) is 3.36. The van der Waals surface area contributed by atoms with Gasteiger partial charge in [-0.25, -0.2) is 4.39 Å².